The van der Waals surface area contributed by atoms with Crippen molar-refractivity contribution >= 4 is 22.2 Å². The van der Waals surface area contributed by atoms with Crippen molar-refractivity contribution < 1.29 is 4.79 Å². The van der Waals surface area contributed by atoms with Gasteiger partial charge in [-0.15, -0.1) is 0 Å². The van der Waals surface area contributed by atoms with E-state index in [0.29, 0.717) is 5.56 Å². The molecule has 3 heteroatoms. The van der Waals surface area contributed by atoms with Crippen LogP contribution in [0.3, 0.4) is 0 Å². The summed E-state index contributed by atoms with van der Waals surface area (Å²) in [5.74, 6) is -0.394. The molecule has 0 spiro atoms. The van der Waals surface area contributed by atoms with Gasteiger partial charge < -0.3 is 10.1 Å². The number of hydrogen-bond acceptors (Lipinski definition) is 1. The molecular weight excluding hydrogens is 284 g/mol. The van der Waals surface area contributed by atoms with E-state index in [4.69, 9.17) is 5.73 Å². The number of nitrogens with zero attached hydrogens (tertiary/aromatic N) is 1. The smallest absolute Gasteiger partial charge is 0.251 e. The molecule has 0 atom stereocenters. The lowest BCUT2D eigenvalue weighted by molar-refractivity contribution is 0.100. The van der Waals surface area contributed by atoms with E-state index in [2.05, 4.69) is 22.6 Å². The molecule has 1 amide bonds. The summed E-state index contributed by atoms with van der Waals surface area (Å²) in [7, 11) is 0. The molecule has 3 nitrogen and oxygen atoms in total. The van der Waals surface area contributed by atoms with Crippen LogP contribution in [0.2, 0.25) is 0 Å². The summed E-state index contributed by atoms with van der Waals surface area (Å²) in [6.07, 6.45) is 2.01. The summed E-state index contributed by atoms with van der Waals surface area (Å²) in [6, 6.07) is 20.2. The van der Waals surface area contributed by atoms with E-state index < -0.39 is 5.91 Å². The van der Waals surface area contributed by atoms with Crippen molar-refractivity contribution in [2.75, 3.05) is 0 Å². The number of rotatable bonds is 2. The predicted octanol–water partition coefficient (Wildman–Crippen LogP) is 4.17. The summed E-state index contributed by atoms with van der Waals surface area (Å²) < 4.78 is 2.06. The summed E-state index contributed by atoms with van der Waals surface area (Å²) in [6.45, 7) is 1.94. The number of amides is 1. The molecule has 4 aromatic rings. The monoisotopic (exact) mass is 300 g/mol. The first-order chi connectivity index (χ1) is 11.2. The number of fused-ring (bicyclic) bond motifs is 3. The first-order valence-electron chi connectivity index (χ1n) is 7.56. The van der Waals surface area contributed by atoms with Crippen molar-refractivity contribution in [3.05, 3.63) is 78.1 Å². The molecule has 4 rings (SSSR count). The van der Waals surface area contributed by atoms with Crippen LogP contribution in [0.15, 0.2) is 66.9 Å². The minimum Gasteiger partial charge on any atom is -0.366 e. The molecule has 0 fully saturated rings. The fourth-order valence-corrected chi connectivity index (χ4v) is 3.36. The van der Waals surface area contributed by atoms with Gasteiger partial charge in [0, 0.05) is 22.8 Å². The highest BCUT2D eigenvalue weighted by Gasteiger charge is 2.22. The number of primary amides is 1. The molecule has 2 aromatic heterocycles. The predicted molar refractivity (Wildman–Crippen MR) is 93.6 cm³/mol. The van der Waals surface area contributed by atoms with E-state index in [1.165, 1.54) is 0 Å². The Balaban J connectivity index is 2.27. The highest BCUT2D eigenvalue weighted by atomic mass is 16.1. The first kappa shape index (κ1) is 13.6. The number of aryl methyl sites for hydroxylation is 1. The maximum atomic E-state index is 12.1. The molecule has 23 heavy (non-hydrogen) atoms. The SMILES string of the molecule is Cc1c(C(N)=O)c(-c2ccccc2)c2c3ccccc3ccn12. The average Bonchev–Trinajstić information content (AvgIpc) is 2.89. The average molecular weight is 300 g/mol. The zero-order chi connectivity index (χ0) is 16.0. The normalized spacial score (nSPS) is 11.2. The fraction of sp³-hybridized carbons (Fsp3) is 0.0500. The van der Waals surface area contributed by atoms with Crippen LogP contribution < -0.4 is 5.73 Å². The van der Waals surface area contributed by atoms with Crippen molar-refractivity contribution in [1.82, 2.24) is 4.40 Å². The minimum absolute atomic E-state index is 0.394. The molecular formula is C20H16N2O. The number of carbonyl (C=O) groups excluding carboxylic acids is 1. The zero-order valence-electron chi connectivity index (χ0n) is 12.8. The Labute approximate surface area is 134 Å². The highest BCUT2D eigenvalue weighted by Crippen LogP contribution is 2.36. The fourth-order valence-electron chi connectivity index (χ4n) is 3.36. The largest absolute Gasteiger partial charge is 0.366 e. The summed E-state index contributed by atoms with van der Waals surface area (Å²) >= 11 is 0. The van der Waals surface area contributed by atoms with Crippen LogP contribution in [0.4, 0.5) is 0 Å². The van der Waals surface area contributed by atoms with Gasteiger partial charge in [-0.05, 0) is 23.9 Å². The van der Waals surface area contributed by atoms with Gasteiger partial charge in [-0.3, -0.25) is 4.79 Å². The third kappa shape index (κ3) is 1.94. The Kier molecular flexibility index (Phi) is 2.95. The molecule has 0 aliphatic heterocycles. The number of aromatic nitrogens is 1. The van der Waals surface area contributed by atoms with Gasteiger partial charge in [0.2, 0.25) is 0 Å². The number of hydrogen-bond donors (Lipinski definition) is 1. The lowest BCUT2D eigenvalue weighted by Gasteiger charge is -2.06. The van der Waals surface area contributed by atoms with Gasteiger partial charge in [-0.1, -0.05) is 54.6 Å². The van der Waals surface area contributed by atoms with E-state index in [1.807, 2.05) is 55.6 Å². The molecule has 2 aromatic carbocycles. The minimum atomic E-state index is -0.394. The van der Waals surface area contributed by atoms with Crippen LogP contribution in [0.1, 0.15) is 16.1 Å². The summed E-state index contributed by atoms with van der Waals surface area (Å²) in [5.41, 5.74) is 10.1. The molecule has 0 aliphatic carbocycles. The summed E-state index contributed by atoms with van der Waals surface area (Å²) in [5, 5.41) is 2.26. The molecule has 0 saturated heterocycles. The molecule has 112 valence electrons. The van der Waals surface area contributed by atoms with Crippen LogP contribution in [0.25, 0.3) is 27.4 Å². The highest BCUT2D eigenvalue weighted by molar-refractivity contribution is 6.12. The van der Waals surface area contributed by atoms with Gasteiger partial charge in [0.1, 0.15) is 0 Å². The molecule has 2 N–H and O–H groups in total. The van der Waals surface area contributed by atoms with Gasteiger partial charge in [0.15, 0.2) is 0 Å². The maximum absolute atomic E-state index is 12.1. The standard InChI is InChI=1S/C20H16N2O/c1-13-17(20(21)23)18(15-8-3-2-4-9-15)19-16-10-6-5-7-14(16)11-12-22(13)19/h2-12H,1H3,(H2,21,23). The van der Waals surface area contributed by atoms with Crippen LogP contribution >= 0.6 is 0 Å². The van der Waals surface area contributed by atoms with E-state index in [1.54, 1.807) is 0 Å². The topological polar surface area (TPSA) is 47.5 Å². The Morgan fingerprint density at radius 2 is 1.65 bits per heavy atom. The van der Waals surface area contributed by atoms with E-state index >= 15 is 0 Å². The quantitative estimate of drug-likeness (QED) is 0.593. The number of pyridine rings is 1. The summed E-state index contributed by atoms with van der Waals surface area (Å²) in [4.78, 5) is 12.1. The van der Waals surface area contributed by atoms with E-state index in [9.17, 15) is 4.79 Å². The van der Waals surface area contributed by atoms with Crippen LogP contribution in [-0.4, -0.2) is 10.3 Å². The zero-order valence-corrected chi connectivity index (χ0v) is 12.8. The molecule has 0 unspecified atom stereocenters. The maximum Gasteiger partial charge on any atom is 0.251 e. The van der Waals surface area contributed by atoms with Gasteiger partial charge in [-0.2, -0.15) is 0 Å². The molecule has 0 aliphatic rings. The third-order valence-corrected chi connectivity index (χ3v) is 4.38. The number of benzene rings is 2. The lowest BCUT2D eigenvalue weighted by atomic mass is 9.99. The van der Waals surface area contributed by atoms with Gasteiger partial charge >= 0.3 is 0 Å². The Bertz CT molecular complexity index is 1050. The van der Waals surface area contributed by atoms with Gasteiger partial charge in [0.25, 0.3) is 5.91 Å². The van der Waals surface area contributed by atoms with Crippen LogP contribution in [-0.2, 0) is 0 Å². The van der Waals surface area contributed by atoms with Crippen molar-refractivity contribution in [3.63, 3.8) is 0 Å². The second kappa shape index (κ2) is 4.99. The van der Waals surface area contributed by atoms with E-state index in [-0.39, 0.29) is 0 Å². The third-order valence-electron chi connectivity index (χ3n) is 4.38. The number of nitrogens with two attached hydrogens (primary N) is 1. The van der Waals surface area contributed by atoms with Crippen molar-refractivity contribution in [2.45, 2.75) is 6.92 Å². The Morgan fingerprint density at radius 1 is 0.957 bits per heavy atom. The van der Waals surface area contributed by atoms with Gasteiger partial charge in [0.05, 0.1) is 11.1 Å². The Morgan fingerprint density at radius 3 is 2.39 bits per heavy atom. The van der Waals surface area contributed by atoms with Crippen molar-refractivity contribution in [3.8, 4) is 11.1 Å². The van der Waals surface area contributed by atoms with Crippen LogP contribution in [0, 0.1) is 6.92 Å². The second-order valence-corrected chi connectivity index (χ2v) is 5.69. The van der Waals surface area contributed by atoms with E-state index in [0.717, 1.165) is 33.1 Å². The van der Waals surface area contributed by atoms with Crippen molar-refractivity contribution in [1.29, 1.82) is 0 Å². The molecule has 0 radical (unpaired) electrons. The molecule has 0 saturated carbocycles. The van der Waals surface area contributed by atoms with Gasteiger partial charge in [-0.25, -0.2) is 0 Å². The molecule has 2 heterocycles. The second-order valence-electron chi connectivity index (χ2n) is 5.69. The van der Waals surface area contributed by atoms with Crippen LogP contribution in [0.5, 0.6) is 0 Å². The molecule has 0 bridgehead atoms. The number of carbonyl (C=O) groups is 1. The lowest BCUT2D eigenvalue weighted by Crippen LogP contribution is -2.12. The van der Waals surface area contributed by atoms with Crippen molar-refractivity contribution in [2.24, 2.45) is 5.73 Å². The first-order valence-corrected chi connectivity index (χ1v) is 7.56. The Hall–Kier alpha value is -3.07.